The second-order valence-corrected chi connectivity index (χ2v) is 9.93. The molecule has 0 aromatic heterocycles. The Bertz CT molecular complexity index is 1190. The first-order chi connectivity index (χ1) is 18.9. The third-order valence-electron chi connectivity index (χ3n) is 6.66. The van der Waals surface area contributed by atoms with Gasteiger partial charge in [-0.2, -0.15) is 0 Å². The summed E-state index contributed by atoms with van der Waals surface area (Å²) in [6.07, 6.45) is 10.1. The van der Waals surface area contributed by atoms with Gasteiger partial charge in [0.1, 0.15) is 5.75 Å². The molecule has 0 saturated heterocycles. The van der Waals surface area contributed by atoms with Crippen LogP contribution in [0.15, 0.2) is 84.9 Å². The molecule has 0 bridgehead atoms. The van der Waals surface area contributed by atoms with Gasteiger partial charge in [0.15, 0.2) is 0 Å². The van der Waals surface area contributed by atoms with Gasteiger partial charge in [0.2, 0.25) is 0 Å². The molecule has 0 saturated carbocycles. The molecule has 0 aliphatic rings. The minimum Gasteiger partial charge on any atom is -0.493 e. The van der Waals surface area contributed by atoms with Gasteiger partial charge in [0.25, 0.3) is 0 Å². The number of unbranched alkanes of at least 4 members (excludes halogenated alkanes) is 2. The molecule has 0 fully saturated rings. The van der Waals surface area contributed by atoms with Crippen LogP contribution in [0.1, 0.15) is 52.7 Å². The maximum Gasteiger partial charge on any atom is 0.335 e. The van der Waals surface area contributed by atoms with Crippen LogP contribution < -0.4 is 4.74 Å². The second-order valence-electron chi connectivity index (χ2n) is 9.93. The minimum atomic E-state index is -0.943. The number of allylic oxidation sites excluding steroid dienone is 1. The molecule has 0 radical (unpaired) electrons. The summed E-state index contributed by atoms with van der Waals surface area (Å²) >= 11 is 0. The highest BCUT2D eigenvalue weighted by Gasteiger charge is 2.12. The number of aliphatic carboxylic acids is 1. The number of benzene rings is 3. The number of likely N-dealkylation sites (N-methyl/N-ethyl adjacent to an activating group) is 1. The Kier molecular flexibility index (Phi) is 12.3. The van der Waals surface area contributed by atoms with Crippen LogP contribution in [0.3, 0.4) is 0 Å². The van der Waals surface area contributed by atoms with Crippen LogP contribution in [0.2, 0.25) is 0 Å². The van der Waals surface area contributed by atoms with Gasteiger partial charge in [-0.25, -0.2) is 4.79 Å². The summed E-state index contributed by atoms with van der Waals surface area (Å²) in [7, 11) is 1.81. The predicted molar refractivity (Wildman–Crippen MR) is 155 cm³/mol. The van der Waals surface area contributed by atoms with E-state index >= 15 is 0 Å². The van der Waals surface area contributed by atoms with E-state index in [1.165, 1.54) is 5.56 Å². The molecule has 1 unspecified atom stereocenters. The number of aromatic carboxylic acids is 1. The highest BCUT2D eigenvalue weighted by atomic mass is 16.5. The van der Waals surface area contributed by atoms with Gasteiger partial charge in [-0.1, -0.05) is 72.8 Å². The number of carboxylic acid groups (broad SMARTS) is 2. The lowest BCUT2D eigenvalue weighted by Crippen LogP contribution is -2.27. The van der Waals surface area contributed by atoms with Crippen molar-refractivity contribution in [1.82, 2.24) is 4.90 Å². The van der Waals surface area contributed by atoms with Gasteiger partial charge in [0, 0.05) is 5.56 Å². The van der Waals surface area contributed by atoms with Crippen molar-refractivity contribution in [3.05, 3.63) is 107 Å². The number of hydrogen-bond donors (Lipinski definition) is 2. The maximum atomic E-state index is 11.2. The van der Waals surface area contributed by atoms with Crippen molar-refractivity contribution < 1.29 is 24.5 Å². The predicted octanol–water partition coefficient (Wildman–Crippen LogP) is 6.46. The quantitative estimate of drug-likeness (QED) is 0.195. The zero-order valence-corrected chi connectivity index (χ0v) is 22.7. The van der Waals surface area contributed by atoms with Crippen molar-refractivity contribution in [1.29, 1.82) is 0 Å². The van der Waals surface area contributed by atoms with E-state index in [4.69, 9.17) is 9.84 Å². The van der Waals surface area contributed by atoms with E-state index in [0.717, 1.165) is 55.4 Å². The zero-order valence-electron chi connectivity index (χ0n) is 22.7. The summed E-state index contributed by atoms with van der Waals surface area (Å²) in [4.78, 5) is 24.1. The molecule has 6 heteroatoms. The number of aryl methyl sites for hydroxylation is 1. The van der Waals surface area contributed by atoms with Crippen molar-refractivity contribution in [2.75, 3.05) is 26.7 Å². The highest BCUT2D eigenvalue weighted by Crippen LogP contribution is 2.23. The van der Waals surface area contributed by atoms with Crippen molar-refractivity contribution in [3.8, 4) is 5.75 Å². The largest absolute Gasteiger partial charge is 0.493 e. The van der Waals surface area contributed by atoms with Gasteiger partial charge >= 0.3 is 11.9 Å². The molecule has 6 nitrogen and oxygen atoms in total. The first kappa shape index (κ1) is 29.7. The van der Waals surface area contributed by atoms with E-state index in [1.807, 2.05) is 42.5 Å². The van der Waals surface area contributed by atoms with Crippen molar-refractivity contribution in [2.24, 2.45) is 5.92 Å². The Morgan fingerprint density at radius 1 is 0.872 bits per heavy atom. The number of carboxylic acids is 2. The average Bonchev–Trinajstić information content (AvgIpc) is 2.93. The normalized spacial score (nSPS) is 12.1. The van der Waals surface area contributed by atoms with Gasteiger partial charge in [-0.15, -0.1) is 0 Å². The molecule has 3 rings (SSSR count). The topological polar surface area (TPSA) is 87.1 Å². The standard InChI is InChI=1S/C33H39NO5/c1-34(25-32(35)36)22-21-28(24-27-16-19-30(20-17-27)33(37)38)15-18-29-13-7-8-14-31(29)39-23-9-3-6-12-26-10-4-2-5-11-26/h2,4-5,7-8,10-11,13-20,28H,3,6,9,12,21-25H2,1H3,(H,35,36)(H,37,38)/b18-15+. The van der Waals surface area contributed by atoms with Crippen molar-refractivity contribution in [2.45, 2.75) is 38.5 Å². The number of carbonyl (C=O) groups is 2. The van der Waals surface area contributed by atoms with Crippen LogP contribution in [-0.4, -0.2) is 53.8 Å². The molecule has 0 spiro atoms. The summed E-state index contributed by atoms with van der Waals surface area (Å²) in [5, 5.41) is 18.3. The molecule has 3 aromatic rings. The monoisotopic (exact) mass is 529 g/mol. The molecule has 0 amide bonds. The van der Waals surface area contributed by atoms with E-state index in [9.17, 15) is 14.7 Å². The number of rotatable bonds is 17. The smallest absolute Gasteiger partial charge is 0.335 e. The number of hydrogen-bond acceptors (Lipinski definition) is 4. The summed E-state index contributed by atoms with van der Waals surface area (Å²) in [6.45, 7) is 1.29. The fraction of sp³-hybridized carbons (Fsp3) is 0.333. The number of ether oxygens (including phenoxy) is 1. The summed E-state index contributed by atoms with van der Waals surface area (Å²) < 4.78 is 6.14. The Hall–Kier alpha value is -3.90. The highest BCUT2D eigenvalue weighted by molar-refractivity contribution is 5.87. The molecule has 206 valence electrons. The Labute approximate surface area is 231 Å². The Balaban J connectivity index is 1.58. The van der Waals surface area contributed by atoms with Crippen LogP contribution in [0.5, 0.6) is 5.75 Å². The number of para-hydroxylation sites is 1. The lowest BCUT2D eigenvalue weighted by molar-refractivity contribution is -0.138. The third-order valence-corrected chi connectivity index (χ3v) is 6.66. The van der Waals surface area contributed by atoms with Crippen molar-refractivity contribution in [3.63, 3.8) is 0 Å². The van der Waals surface area contributed by atoms with E-state index in [2.05, 4.69) is 36.4 Å². The molecule has 0 aliphatic carbocycles. The van der Waals surface area contributed by atoms with E-state index in [-0.39, 0.29) is 18.0 Å². The summed E-state index contributed by atoms with van der Waals surface area (Å²) in [5.41, 5.74) is 3.68. The molecular weight excluding hydrogens is 490 g/mol. The third kappa shape index (κ3) is 11.2. The average molecular weight is 530 g/mol. The number of nitrogens with zero attached hydrogens (tertiary/aromatic N) is 1. The van der Waals surface area contributed by atoms with Crippen LogP contribution in [-0.2, 0) is 17.6 Å². The fourth-order valence-electron chi connectivity index (χ4n) is 4.47. The minimum absolute atomic E-state index is 0.00817. The summed E-state index contributed by atoms with van der Waals surface area (Å²) in [5.74, 6) is -0.798. The zero-order chi connectivity index (χ0) is 27.9. The molecule has 2 N–H and O–H groups in total. The molecular formula is C33H39NO5. The van der Waals surface area contributed by atoms with Gasteiger partial charge < -0.3 is 14.9 Å². The molecule has 3 aromatic carbocycles. The van der Waals surface area contributed by atoms with Gasteiger partial charge in [-0.3, -0.25) is 9.69 Å². The van der Waals surface area contributed by atoms with Crippen LogP contribution in [0.25, 0.3) is 6.08 Å². The Morgan fingerprint density at radius 2 is 1.59 bits per heavy atom. The van der Waals surface area contributed by atoms with E-state index in [0.29, 0.717) is 13.2 Å². The van der Waals surface area contributed by atoms with Crippen LogP contribution in [0, 0.1) is 5.92 Å². The van der Waals surface area contributed by atoms with Gasteiger partial charge in [-0.05, 0) is 87.4 Å². The SMILES string of the molecule is CN(CCC(/C=C/c1ccccc1OCCCCCc1ccccc1)Cc1ccc(C(=O)O)cc1)CC(=O)O. The van der Waals surface area contributed by atoms with Crippen LogP contribution in [0.4, 0.5) is 0 Å². The fourth-order valence-corrected chi connectivity index (χ4v) is 4.47. The lowest BCUT2D eigenvalue weighted by atomic mass is 9.94. The molecule has 0 heterocycles. The molecule has 39 heavy (non-hydrogen) atoms. The first-order valence-electron chi connectivity index (χ1n) is 13.6. The van der Waals surface area contributed by atoms with Crippen molar-refractivity contribution >= 4 is 18.0 Å². The van der Waals surface area contributed by atoms with Gasteiger partial charge in [0.05, 0.1) is 18.7 Å². The second kappa shape index (κ2) is 16.1. The Morgan fingerprint density at radius 3 is 2.31 bits per heavy atom. The first-order valence-corrected chi connectivity index (χ1v) is 13.6. The van der Waals surface area contributed by atoms with E-state index in [1.54, 1.807) is 24.1 Å². The molecule has 1 atom stereocenters. The summed E-state index contributed by atoms with van der Waals surface area (Å²) in [6, 6.07) is 25.5. The van der Waals surface area contributed by atoms with Crippen LogP contribution >= 0.6 is 0 Å². The molecule has 0 aliphatic heterocycles. The van der Waals surface area contributed by atoms with E-state index < -0.39 is 11.9 Å². The lowest BCUT2D eigenvalue weighted by Gasteiger charge is -2.19. The maximum absolute atomic E-state index is 11.2.